The van der Waals surface area contributed by atoms with E-state index >= 15 is 0 Å². The molecule has 1 aromatic carbocycles. The molecule has 3 aromatic heterocycles. The molecule has 4 aromatic rings. The van der Waals surface area contributed by atoms with Gasteiger partial charge >= 0.3 is 0 Å². The summed E-state index contributed by atoms with van der Waals surface area (Å²) in [5, 5.41) is 17.3. The van der Waals surface area contributed by atoms with E-state index in [2.05, 4.69) is 35.9 Å². The minimum absolute atomic E-state index is 0.205. The number of benzene rings is 1. The van der Waals surface area contributed by atoms with Gasteiger partial charge in [-0.15, -0.1) is 0 Å². The summed E-state index contributed by atoms with van der Waals surface area (Å²) >= 11 is 6.17. The first-order chi connectivity index (χ1) is 13.9. The molecule has 29 heavy (non-hydrogen) atoms. The summed E-state index contributed by atoms with van der Waals surface area (Å²) in [6.45, 7) is 3.79. The number of aryl methyl sites for hydroxylation is 3. The zero-order valence-corrected chi connectivity index (χ0v) is 16.7. The Morgan fingerprint density at radius 1 is 1.14 bits per heavy atom. The molecule has 0 atom stereocenters. The molecule has 0 saturated carbocycles. The smallest absolute Gasteiger partial charge is 0.229 e. The first kappa shape index (κ1) is 18.9. The standard InChI is InChI=1S/C19H18ClFN8/c1-10-4-16(15(21)6-13(10)12-7-23-29(3)9-12)24-19-22-8-14(20)18(26-19)25-17-5-11(2)27-28-17/h4-9H,1-3H3,(H3,22,24,25,26,27,28). The number of aromatic nitrogens is 6. The first-order valence-corrected chi connectivity index (χ1v) is 9.14. The maximum absolute atomic E-state index is 14.7. The van der Waals surface area contributed by atoms with Gasteiger partial charge in [0.25, 0.3) is 0 Å². The average Bonchev–Trinajstić information content (AvgIpc) is 3.29. The van der Waals surface area contributed by atoms with E-state index in [4.69, 9.17) is 11.6 Å². The second-order valence-electron chi connectivity index (χ2n) is 6.63. The molecule has 0 bridgehead atoms. The van der Waals surface area contributed by atoms with Crippen molar-refractivity contribution in [2.45, 2.75) is 13.8 Å². The van der Waals surface area contributed by atoms with Crippen LogP contribution in [0.5, 0.6) is 0 Å². The fourth-order valence-corrected chi connectivity index (χ4v) is 3.03. The molecule has 0 unspecified atom stereocenters. The predicted octanol–water partition coefficient (Wildman–Crippen LogP) is 4.50. The first-order valence-electron chi connectivity index (χ1n) is 8.77. The second kappa shape index (κ2) is 7.51. The van der Waals surface area contributed by atoms with Gasteiger partial charge in [-0.05, 0) is 37.1 Å². The molecule has 0 spiro atoms. The Labute approximate surface area is 171 Å². The molecule has 8 nitrogen and oxygen atoms in total. The number of hydrogen-bond donors (Lipinski definition) is 3. The van der Waals surface area contributed by atoms with Crippen LogP contribution in [0, 0.1) is 19.7 Å². The molecule has 0 radical (unpaired) electrons. The van der Waals surface area contributed by atoms with Crippen molar-refractivity contribution < 1.29 is 4.39 Å². The largest absolute Gasteiger partial charge is 0.322 e. The van der Waals surface area contributed by atoms with Crippen molar-refractivity contribution in [2.24, 2.45) is 7.05 Å². The van der Waals surface area contributed by atoms with Crippen LogP contribution in [0.15, 0.2) is 36.8 Å². The fraction of sp³-hybridized carbons (Fsp3) is 0.158. The van der Waals surface area contributed by atoms with Gasteiger partial charge in [-0.25, -0.2) is 9.37 Å². The lowest BCUT2D eigenvalue weighted by Gasteiger charge is -2.12. The number of rotatable bonds is 5. The monoisotopic (exact) mass is 412 g/mol. The Hall–Kier alpha value is -3.46. The van der Waals surface area contributed by atoms with E-state index in [1.54, 1.807) is 16.9 Å². The Bertz CT molecular complexity index is 1180. The van der Waals surface area contributed by atoms with Crippen LogP contribution in [-0.2, 0) is 7.05 Å². The number of nitrogens with zero attached hydrogens (tertiary/aromatic N) is 5. The van der Waals surface area contributed by atoms with Crippen LogP contribution >= 0.6 is 11.6 Å². The number of halogens is 2. The molecule has 0 aliphatic carbocycles. The summed E-state index contributed by atoms with van der Waals surface area (Å²) in [6.07, 6.45) is 4.98. The quantitative estimate of drug-likeness (QED) is 0.446. The van der Waals surface area contributed by atoms with Crippen LogP contribution in [0.25, 0.3) is 11.1 Å². The van der Waals surface area contributed by atoms with Gasteiger partial charge in [0.15, 0.2) is 11.6 Å². The van der Waals surface area contributed by atoms with Crippen molar-refractivity contribution in [3.8, 4) is 11.1 Å². The summed E-state index contributed by atoms with van der Waals surface area (Å²) in [5.74, 6) is 0.707. The SMILES string of the molecule is Cc1cc(Nc2nc(Nc3cc(C)c(-c4cnn(C)c4)cc3F)ncc2Cl)n[nH]1. The minimum Gasteiger partial charge on any atom is -0.322 e. The Morgan fingerprint density at radius 2 is 1.97 bits per heavy atom. The topological polar surface area (TPSA) is 96.3 Å². The number of hydrogen-bond acceptors (Lipinski definition) is 6. The zero-order valence-electron chi connectivity index (χ0n) is 16.0. The van der Waals surface area contributed by atoms with E-state index in [9.17, 15) is 4.39 Å². The summed E-state index contributed by atoms with van der Waals surface area (Å²) in [4.78, 5) is 8.46. The van der Waals surface area contributed by atoms with Crippen LogP contribution in [-0.4, -0.2) is 29.9 Å². The molecule has 10 heteroatoms. The van der Waals surface area contributed by atoms with E-state index in [0.29, 0.717) is 16.7 Å². The number of anilines is 4. The molecule has 0 aliphatic rings. The maximum Gasteiger partial charge on any atom is 0.229 e. The van der Waals surface area contributed by atoms with Crippen molar-refractivity contribution in [3.05, 3.63) is 58.9 Å². The van der Waals surface area contributed by atoms with E-state index in [1.165, 1.54) is 12.3 Å². The van der Waals surface area contributed by atoms with Crippen molar-refractivity contribution in [1.29, 1.82) is 0 Å². The number of H-pyrrole nitrogens is 1. The normalized spacial score (nSPS) is 10.9. The van der Waals surface area contributed by atoms with Crippen LogP contribution in [0.4, 0.5) is 27.7 Å². The minimum atomic E-state index is -0.426. The maximum atomic E-state index is 14.7. The van der Waals surface area contributed by atoms with Crippen LogP contribution in [0.2, 0.25) is 5.02 Å². The van der Waals surface area contributed by atoms with Crippen molar-refractivity contribution in [3.63, 3.8) is 0 Å². The lowest BCUT2D eigenvalue weighted by molar-refractivity contribution is 0.631. The second-order valence-corrected chi connectivity index (χ2v) is 7.03. The summed E-state index contributed by atoms with van der Waals surface area (Å²) < 4.78 is 16.4. The highest BCUT2D eigenvalue weighted by molar-refractivity contribution is 6.32. The Balaban J connectivity index is 1.60. The van der Waals surface area contributed by atoms with E-state index in [0.717, 1.165) is 22.4 Å². The fourth-order valence-electron chi connectivity index (χ4n) is 2.89. The molecule has 3 N–H and O–H groups in total. The molecule has 148 valence electrons. The van der Waals surface area contributed by atoms with Gasteiger partial charge in [0.2, 0.25) is 5.95 Å². The van der Waals surface area contributed by atoms with Gasteiger partial charge < -0.3 is 10.6 Å². The van der Waals surface area contributed by atoms with Crippen LogP contribution < -0.4 is 10.6 Å². The van der Waals surface area contributed by atoms with Gasteiger partial charge in [0.1, 0.15) is 10.8 Å². The van der Waals surface area contributed by atoms with Gasteiger partial charge in [-0.1, -0.05) is 11.6 Å². The van der Waals surface area contributed by atoms with Crippen molar-refractivity contribution >= 4 is 34.9 Å². The predicted molar refractivity (Wildman–Crippen MR) is 110 cm³/mol. The molecule has 0 amide bonds. The summed E-state index contributed by atoms with van der Waals surface area (Å²) in [5.41, 5.74) is 3.66. The van der Waals surface area contributed by atoms with Gasteiger partial charge in [-0.3, -0.25) is 9.78 Å². The lowest BCUT2D eigenvalue weighted by atomic mass is 10.0. The van der Waals surface area contributed by atoms with E-state index in [-0.39, 0.29) is 11.6 Å². The lowest BCUT2D eigenvalue weighted by Crippen LogP contribution is -2.03. The number of aromatic amines is 1. The third-order valence-electron chi connectivity index (χ3n) is 4.27. The molecular weight excluding hydrogens is 395 g/mol. The molecule has 0 aliphatic heterocycles. The Morgan fingerprint density at radius 3 is 2.66 bits per heavy atom. The van der Waals surface area contributed by atoms with Gasteiger partial charge in [-0.2, -0.15) is 15.2 Å². The highest BCUT2D eigenvalue weighted by Crippen LogP contribution is 2.30. The Kier molecular flexibility index (Phi) is 4.89. The van der Waals surface area contributed by atoms with Gasteiger partial charge in [0.05, 0.1) is 18.1 Å². The highest BCUT2D eigenvalue weighted by atomic mass is 35.5. The molecular formula is C19H18ClFN8. The van der Waals surface area contributed by atoms with E-state index < -0.39 is 5.82 Å². The number of nitrogens with one attached hydrogen (secondary N) is 3. The highest BCUT2D eigenvalue weighted by Gasteiger charge is 2.13. The molecule has 0 fully saturated rings. The molecule has 4 rings (SSSR count). The van der Waals surface area contributed by atoms with Gasteiger partial charge in [0, 0.05) is 30.6 Å². The third-order valence-corrected chi connectivity index (χ3v) is 4.55. The average molecular weight is 413 g/mol. The van der Waals surface area contributed by atoms with Crippen molar-refractivity contribution in [2.75, 3.05) is 10.6 Å². The van der Waals surface area contributed by atoms with Crippen LogP contribution in [0.1, 0.15) is 11.3 Å². The summed E-state index contributed by atoms with van der Waals surface area (Å²) in [6, 6.07) is 4.99. The third kappa shape index (κ3) is 4.04. The molecule has 0 saturated heterocycles. The summed E-state index contributed by atoms with van der Waals surface area (Å²) in [7, 11) is 1.82. The van der Waals surface area contributed by atoms with Crippen LogP contribution in [0.3, 0.4) is 0 Å². The molecule has 3 heterocycles. The van der Waals surface area contributed by atoms with E-state index in [1.807, 2.05) is 33.2 Å². The zero-order chi connectivity index (χ0) is 20.5. The van der Waals surface area contributed by atoms with Crippen molar-refractivity contribution in [1.82, 2.24) is 29.9 Å².